The van der Waals surface area contributed by atoms with E-state index in [1.165, 1.54) is 10.7 Å². The second-order valence-electron chi connectivity index (χ2n) is 5.10. The number of carbonyl (C=O) groups excluding carboxylic acids is 1. The smallest absolute Gasteiger partial charge is 0.262 e. The maximum atomic E-state index is 12.6. The van der Waals surface area contributed by atoms with Crippen LogP contribution in [0.4, 0.5) is 11.6 Å². The maximum Gasteiger partial charge on any atom is 0.262 e. The van der Waals surface area contributed by atoms with Crippen molar-refractivity contribution in [2.75, 3.05) is 11.1 Å². The lowest BCUT2D eigenvalue weighted by Crippen LogP contribution is -2.15. The molecule has 0 saturated heterocycles. The number of hydrogen-bond donors (Lipinski definition) is 2. The molecule has 8 nitrogen and oxygen atoms in total. The molecule has 0 spiro atoms. The minimum absolute atomic E-state index is 0.325. The van der Waals surface area contributed by atoms with Gasteiger partial charge in [0.2, 0.25) is 0 Å². The average molecular weight is 319 g/mol. The van der Waals surface area contributed by atoms with Crippen molar-refractivity contribution in [1.82, 2.24) is 24.4 Å². The van der Waals surface area contributed by atoms with Crippen molar-refractivity contribution < 1.29 is 4.79 Å². The molecule has 0 aliphatic heterocycles. The Morgan fingerprint density at radius 3 is 2.75 bits per heavy atom. The van der Waals surface area contributed by atoms with Crippen molar-refractivity contribution in [1.29, 1.82) is 0 Å². The molecule has 1 amide bonds. The predicted molar refractivity (Wildman–Crippen MR) is 88.9 cm³/mol. The Bertz CT molecular complexity index is 1020. The summed E-state index contributed by atoms with van der Waals surface area (Å²) >= 11 is 0. The third kappa shape index (κ3) is 2.35. The van der Waals surface area contributed by atoms with Crippen molar-refractivity contribution in [3.63, 3.8) is 0 Å². The lowest BCUT2D eigenvalue weighted by Gasteiger charge is -2.08. The fourth-order valence-corrected chi connectivity index (χ4v) is 2.40. The summed E-state index contributed by atoms with van der Waals surface area (Å²) in [5.74, 6) is 0.543. The fourth-order valence-electron chi connectivity index (χ4n) is 2.40. The first-order valence-electron chi connectivity index (χ1n) is 7.23. The van der Waals surface area contributed by atoms with Crippen molar-refractivity contribution >= 4 is 23.2 Å². The summed E-state index contributed by atoms with van der Waals surface area (Å²) in [6.07, 6.45) is 4.73. The number of benzene rings is 1. The number of carbonyl (C=O) groups is 1. The highest BCUT2D eigenvalue weighted by atomic mass is 16.1. The molecule has 1 aromatic carbocycles. The van der Waals surface area contributed by atoms with Gasteiger partial charge in [-0.15, -0.1) is 0 Å². The average Bonchev–Trinajstić information content (AvgIpc) is 3.22. The van der Waals surface area contributed by atoms with Crippen LogP contribution in [0.1, 0.15) is 10.4 Å². The van der Waals surface area contributed by atoms with E-state index in [1.54, 1.807) is 29.2 Å². The van der Waals surface area contributed by atoms with E-state index >= 15 is 0 Å². The number of fused-ring (bicyclic) bond motifs is 1. The van der Waals surface area contributed by atoms with Gasteiger partial charge in [0.1, 0.15) is 17.2 Å². The van der Waals surface area contributed by atoms with Gasteiger partial charge in [0.25, 0.3) is 5.91 Å². The zero-order valence-electron chi connectivity index (χ0n) is 12.5. The largest absolute Gasteiger partial charge is 0.384 e. The third-order valence-electron chi connectivity index (χ3n) is 3.52. The summed E-state index contributed by atoms with van der Waals surface area (Å²) < 4.78 is 3.14. The van der Waals surface area contributed by atoms with Gasteiger partial charge in [-0.1, -0.05) is 18.2 Å². The van der Waals surface area contributed by atoms with Gasteiger partial charge in [0.05, 0.1) is 18.1 Å². The number of nitrogens with zero attached hydrogens (tertiary/aromatic N) is 5. The highest BCUT2D eigenvalue weighted by Crippen LogP contribution is 2.17. The molecule has 24 heavy (non-hydrogen) atoms. The Morgan fingerprint density at radius 2 is 1.92 bits per heavy atom. The van der Waals surface area contributed by atoms with Crippen molar-refractivity contribution in [3.8, 4) is 5.69 Å². The molecule has 0 atom stereocenters. The molecule has 3 heterocycles. The van der Waals surface area contributed by atoms with Crippen LogP contribution < -0.4 is 11.1 Å². The third-order valence-corrected chi connectivity index (χ3v) is 3.52. The number of nitrogens with two attached hydrogens (primary N) is 1. The zero-order chi connectivity index (χ0) is 16.5. The van der Waals surface area contributed by atoms with Gasteiger partial charge in [-0.25, -0.2) is 14.2 Å². The molecule has 0 saturated carbocycles. The van der Waals surface area contributed by atoms with Gasteiger partial charge in [-0.3, -0.25) is 4.79 Å². The Morgan fingerprint density at radius 1 is 1.08 bits per heavy atom. The first kappa shape index (κ1) is 13.9. The number of anilines is 2. The zero-order valence-corrected chi connectivity index (χ0v) is 12.5. The number of nitrogen functional groups attached to an aromatic ring is 1. The van der Waals surface area contributed by atoms with E-state index in [9.17, 15) is 4.79 Å². The highest BCUT2D eigenvalue weighted by molar-refractivity contribution is 6.07. The van der Waals surface area contributed by atoms with Crippen LogP contribution in [-0.2, 0) is 0 Å². The topological polar surface area (TPSA) is 103 Å². The quantitative estimate of drug-likeness (QED) is 0.599. The molecular formula is C16H13N7O. The summed E-state index contributed by atoms with van der Waals surface area (Å²) in [5, 5.41) is 11.2. The molecule has 8 heteroatoms. The van der Waals surface area contributed by atoms with Crippen LogP contribution in [0.25, 0.3) is 11.3 Å². The van der Waals surface area contributed by atoms with E-state index in [-0.39, 0.29) is 5.91 Å². The molecule has 118 valence electrons. The molecule has 3 N–H and O–H groups in total. The van der Waals surface area contributed by atoms with Crippen molar-refractivity contribution in [3.05, 3.63) is 66.6 Å². The molecule has 0 aliphatic carbocycles. The molecule has 0 unspecified atom stereocenters. The molecule has 0 radical (unpaired) electrons. The normalized spacial score (nSPS) is 10.8. The first-order valence-corrected chi connectivity index (χ1v) is 7.23. The molecular weight excluding hydrogens is 306 g/mol. The lowest BCUT2D eigenvalue weighted by molar-refractivity contribution is 0.102. The van der Waals surface area contributed by atoms with Gasteiger partial charge in [-0.05, 0) is 18.2 Å². The Balaban J connectivity index is 1.68. The molecule has 3 aromatic heterocycles. The van der Waals surface area contributed by atoms with E-state index in [4.69, 9.17) is 5.73 Å². The van der Waals surface area contributed by atoms with Crippen molar-refractivity contribution in [2.24, 2.45) is 0 Å². The van der Waals surface area contributed by atoms with Gasteiger partial charge < -0.3 is 11.1 Å². The van der Waals surface area contributed by atoms with E-state index in [1.807, 2.05) is 30.3 Å². The Labute approximate surface area is 136 Å². The van der Waals surface area contributed by atoms with E-state index in [0.29, 0.717) is 22.8 Å². The minimum Gasteiger partial charge on any atom is -0.384 e. The van der Waals surface area contributed by atoms with E-state index < -0.39 is 0 Å². The van der Waals surface area contributed by atoms with Gasteiger partial charge in [-0.2, -0.15) is 10.2 Å². The lowest BCUT2D eigenvalue weighted by atomic mass is 10.3. The van der Waals surface area contributed by atoms with Crippen molar-refractivity contribution in [2.45, 2.75) is 0 Å². The van der Waals surface area contributed by atoms with Crippen LogP contribution in [0.15, 0.2) is 61.1 Å². The number of para-hydroxylation sites is 1. The summed E-state index contributed by atoms with van der Waals surface area (Å²) in [4.78, 5) is 16.8. The Kier molecular flexibility index (Phi) is 3.20. The maximum absolute atomic E-state index is 12.6. The molecule has 4 rings (SSSR count). The number of hydrogen-bond acceptors (Lipinski definition) is 5. The predicted octanol–water partition coefficient (Wildman–Crippen LogP) is 1.75. The fraction of sp³-hybridized carbons (Fsp3) is 0. The number of rotatable bonds is 3. The first-order chi connectivity index (χ1) is 11.7. The number of amides is 1. The molecule has 0 aliphatic rings. The number of aromatic nitrogens is 5. The van der Waals surface area contributed by atoms with E-state index in [2.05, 4.69) is 20.5 Å². The summed E-state index contributed by atoms with van der Waals surface area (Å²) in [7, 11) is 0. The van der Waals surface area contributed by atoms with Gasteiger partial charge in [0, 0.05) is 12.3 Å². The SMILES string of the molecule is Nc1ccn2ncc(C(=O)Nc3ccnn3-c3ccccc3)c2n1. The highest BCUT2D eigenvalue weighted by Gasteiger charge is 2.16. The number of nitrogens with one attached hydrogen (secondary N) is 1. The van der Waals surface area contributed by atoms with E-state index in [0.717, 1.165) is 5.69 Å². The minimum atomic E-state index is -0.333. The van der Waals surface area contributed by atoms with Crippen LogP contribution in [0.3, 0.4) is 0 Å². The summed E-state index contributed by atoms with van der Waals surface area (Å²) in [6, 6.07) is 12.9. The summed E-state index contributed by atoms with van der Waals surface area (Å²) in [5.41, 5.74) is 7.27. The molecule has 4 aromatic rings. The molecule has 0 fully saturated rings. The van der Waals surface area contributed by atoms with Crippen LogP contribution in [0.2, 0.25) is 0 Å². The van der Waals surface area contributed by atoms with Crippen LogP contribution in [-0.4, -0.2) is 30.3 Å². The Hall–Kier alpha value is -3.68. The van der Waals surface area contributed by atoms with Crippen LogP contribution >= 0.6 is 0 Å². The molecule has 0 bridgehead atoms. The van der Waals surface area contributed by atoms with Crippen LogP contribution in [0.5, 0.6) is 0 Å². The van der Waals surface area contributed by atoms with Crippen LogP contribution in [0, 0.1) is 0 Å². The monoisotopic (exact) mass is 319 g/mol. The van der Waals surface area contributed by atoms with Gasteiger partial charge >= 0.3 is 0 Å². The van der Waals surface area contributed by atoms with Gasteiger partial charge in [0.15, 0.2) is 5.65 Å². The second kappa shape index (κ2) is 5.51. The standard InChI is InChI=1S/C16H13N7O/c17-13-7-9-22-15(20-13)12(10-19-22)16(24)21-14-6-8-18-23(14)11-4-2-1-3-5-11/h1-10H,(H2,17,20)(H,21,24). The second-order valence-corrected chi connectivity index (χ2v) is 5.10. The summed E-state index contributed by atoms with van der Waals surface area (Å²) in [6.45, 7) is 0.